The van der Waals surface area contributed by atoms with Crippen molar-refractivity contribution in [2.75, 3.05) is 18.4 Å². The zero-order valence-electron chi connectivity index (χ0n) is 16.2. The third kappa shape index (κ3) is 3.82. The summed E-state index contributed by atoms with van der Waals surface area (Å²) in [5, 5.41) is 19.6. The number of nitrogens with zero attached hydrogens (tertiary/aromatic N) is 4. The number of rotatable bonds is 6. The Morgan fingerprint density at radius 3 is 2.80 bits per heavy atom. The minimum atomic E-state index is -0.255. The van der Waals surface area contributed by atoms with Crippen molar-refractivity contribution < 1.29 is 9.32 Å². The molecule has 0 aliphatic heterocycles. The largest absolute Gasteiger partial charge is 0.367 e. The van der Waals surface area contributed by atoms with Crippen LogP contribution in [0.15, 0.2) is 59.3 Å². The summed E-state index contributed by atoms with van der Waals surface area (Å²) >= 11 is 0. The molecule has 8 heteroatoms. The maximum absolute atomic E-state index is 12.9. The molecule has 0 aliphatic carbocycles. The van der Waals surface area contributed by atoms with Crippen LogP contribution in [-0.4, -0.2) is 34.1 Å². The molecule has 2 N–H and O–H groups in total. The molecule has 0 atom stereocenters. The Labute approximate surface area is 172 Å². The normalized spacial score (nSPS) is 10.5. The van der Waals surface area contributed by atoms with Crippen LogP contribution < -0.4 is 10.6 Å². The maximum Gasteiger partial charge on any atom is 0.259 e. The Hall–Kier alpha value is -4.25. The van der Waals surface area contributed by atoms with E-state index >= 15 is 0 Å². The summed E-state index contributed by atoms with van der Waals surface area (Å²) in [6.07, 6.45) is 1.61. The molecule has 1 amide bonds. The van der Waals surface area contributed by atoms with Crippen LogP contribution in [0.25, 0.3) is 22.4 Å². The lowest BCUT2D eigenvalue weighted by Crippen LogP contribution is -2.29. The van der Waals surface area contributed by atoms with Crippen LogP contribution in [0.2, 0.25) is 0 Å². The van der Waals surface area contributed by atoms with E-state index < -0.39 is 0 Å². The zero-order chi connectivity index (χ0) is 20.9. The van der Waals surface area contributed by atoms with Gasteiger partial charge in [0.2, 0.25) is 0 Å². The van der Waals surface area contributed by atoms with Gasteiger partial charge in [-0.05, 0) is 25.1 Å². The van der Waals surface area contributed by atoms with Gasteiger partial charge in [0.1, 0.15) is 11.9 Å². The first-order valence-electron chi connectivity index (χ1n) is 9.37. The number of carbonyl (C=O) groups is 1. The van der Waals surface area contributed by atoms with Crippen molar-refractivity contribution in [3.63, 3.8) is 0 Å². The highest BCUT2D eigenvalue weighted by atomic mass is 16.5. The second-order valence-electron chi connectivity index (χ2n) is 6.56. The fourth-order valence-electron chi connectivity index (χ4n) is 3.12. The van der Waals surface area contributed by atoms with Crippen molar-refractivity contribution in [2.24, 2.45) is 0 Å². The summed E-state index contributed by atoms with van der Waals surface area (Å²) in [7, 11) is 0. The van der Waals surface area contributed by atoms with Crippen molar-refractivity contribution in [1.29, 1.82) is 5.26 Å². The molecule has 4 aromatic rings. The van der Waals surface area contributed by atoms with Crippen molar-refractivity contribution in [1.82, 2.24) is 20.4 Å². The molecular formula is C22H18N6O2. The molecule has 0 bridgehead atoms. The molecule has 0 saturated carbocycles. The maximum atomic E-state index is 12.9. The third-order valence-corrected chi connectivity index (χ3v) is 4.56. The van der Waals surface area contributed by atoms with Gasteiger partial charge < -0.3 is 15.2 Å². The minimum absolute atomic E-state index is 0.255. The molecule has 30 heavy (non-hydrogen) atoms. The molecule has 0 unspecified atom stereocenters. The first-order chi connectivity index (χ1) is 14.7. The monoisotopic (exact) mass is 398 g/mol. The van der Waals surface area contributed by atoms with E-state index in [2.05, 4.69) is 31.8 Å². The van der Waals surface area contributed by atoms with E-state index in [9.17, 15) is 4.79 Å². The SMILES string of the molecule is Cc1noc2nc(-c3ccccc3)cc(C(=O)NCCNc3ncccc3C#N)c12. The first-order valence-corrected chi connectivity index (χ1v) is 9.37. The van der Waals surface area contributed by atoms with Crippen LogP contribution in [0.1, 0.15) is 21.6 Å². The van der Waals surface area contributed by atoms with Crippen molar-refractivity contribution in [3.05, 3.63) is 71.5 Å². The van der Waals surface area contributed by atoms with Gasteiger partial charge >= 0.3 is 0 Å². The summed E-state index contributed by atoms with van der Waals surface area (Å²) in [6.45, 7) is 2.54. The standard InChI is InChI=1S/C22H18N6O2/c1-14-19-17(12-18(27-22(19)30-28-14)15-6-3-2-4-7-15)21(29)26-11-10-25-20-16(13-23)8-5-9-24-20/h2-9,12H,10-11H2,1H3,(H,24,25)(H,26,29). The summed E-state index contributed by atoms with van der Waals surface area (Å²) in [5.41, 5.74) is 3.34. The number of carbonyl (C=O) groups excluding carboxylic acids is 1. The lowest BCUT2D eigenvalue weighted by atomic mass is 10.1. The van der Waals surface area contributed by atoms with Crippen LogP contribution in [0.4, 0.5) is 5.82 Å². The second-order valence-corrected chi connectivity index (χ2v) is 6.56. The van der Waals surface area contributed by atoms with E-state index in [1.807, 2.05) is 30.3 Å². The smallest absolute Gasteiger partial charge is 0.259 e. The molecule has 4 rings (SSSR count). The molecule has 0 radical (unpaired) electrons. The quantitative estimate of drug-likeness (QED) is 0.479. The number of nitrogens with one attached hydrogen (secondary N) is 2. The average Bonchev–Trinajstić information content (AvgIpc) is 3.17. The van der Waals surface area contributed by atoms with Crippen LogP contribution in [0, 0.1) is 18.3 Å². The lowest BCUT2D eigenvalue weighted by Gasteiger charge is -2.10. The Morgan fingerprint density at radius 1 is 1.17 bits per heavy atom. The van der Waals surface area contributed by atoms with Crippen LogP contribution in [-0.2, 0) is 0 Å². The molecule has 148 valence electrons. The number of aryl methyl sites for hydroxylation is 1. The van der Waals surface area contributed by atoms with Gasteiger partial charge in [0.15, 0.2) is 0 Å². The van der Waals surface area contributed by atoms with Crippen molar-refractivity contribution in [2.45, 2.75) is 6.92 Å². The van der Waals surface area contributed by atoms with Gasteiger partial charge in [-0.15, -0.1) is 0 Å². The number of fused-ring (bicyclic) bond motifs is 1. The number of amides is 1. The summed E-state index contributed by atoms with van der Waals surface area (Å²) in [6, 6.07) is 16.8. The van der Waals surface area contributed by atoms with Crippen molar-refractivity contribution >= 4 is 22.8 Å². The predicted molar refractivity (Wildman–Crippen MR) is 112 cm³/mol. The average molecular weight is 398 g/mol. The predicted octanol–water partition coefficient (Wildman–Crippen LogP) is 3.31. The number of anilines is 1. The van der Waals surface area contributed by atoms with E-state index in [1.54, 1.807) is 31.3 Å². The Kier molecular flexibility index (Phi) is 5.35. The zero-order valence-corrected chi connectivity index (χ0v) is 16.2. The van der Waals surface area contributed by atoms with Gasteiger partial charge in [0.05, 0.1) is 27.9 Å². The lowest BCUT2D eigenvalue weighted by molar-refractivity contribution is 0.0956. The van der Waals surface area contributed by atoms with E-state index in [-0.39, 0.29) is 5.91 Å². The number of hydrogen-bond acceptors (Lipinski definition) is 7. The minimum Gasteiger partial charge on any atom is -0.367 e. The van der Waals surface area contributed by atoms with Gasteiger partial charge in [0.25, 0.3) is 11.6 Å². The molecule has 0 fully saturated rings. The van der Waals surface area contributed by atoms with Gasteiger partial charge in [-0.25, -0.2) is 9.97 Å². The second kappa shape index (κ2) is 8.41. The van der Waals surface area contributed by atoms with Crippen LogP contribution in [0.3, 0.4) is 0 Å². The molecule has 0 saturated heterocycles. The first kappa shape index (κ1) is 19.1. The topological polar surface area (TPSA) is 117 Å². The molecule has 1 aromatic carbocycles. The van der Waals surface area contributed by atoms with Crippen molar-refractivity contribution in [3.8, 4) is 17.3 Å². The number of pyridine rings is 2. The third-order valence-electron chi connectivity index (χ3n) is 4.56. The van der Waals surface area contributed by atoms with Crippen LogP contribution >= 0.6 is 0 Å². The molecule has 3 aromatic heterocycles. The van der Waals surface area contributed by atoms with Crippen LogP contribution in [0.5, 0.6) is 0 Å². The highest BCUT2D eigenvalue weighted by Crippen LogP contribution is 2.26. The highest BCUT2D eigenvalue weighted by molar-refractivity contribution is 6.07. The Morgan fingerprint density at radius 2 is 2.00 bits per heavy atom. The molecular weight excluding hydrogens is 380 g/mol. The summed E-state index contributed by atoms with van der Waals surface area (Å²) in [5.74, 6) is 0.232. The summed E-state index contributed by atoms with van der Waals surface area (Å²) < 4.78 is 5.32. The van der Waals surface area contributed by atoms with E-state index in [0.29, 0.717) is 52.5 Å². The van der Waals surface area contributed by atoms with Gasteiger partial charge in [0, 0.05) is 24.8 Å². The number of benzene rings is 1. The number of hydrogen-bond donors (Lipinski definition) is 2. The van der Waals surface area contributed by atoms with E-state index in [4.69, 9.17) is 9.78 Å². The fraction of sp³-hybridized carbons (Fsp3) is 0.136. The Balaban J connectivity index is 1.52. The highest BCUT2D eigenvalue weighted by Gasteiger charge is 2.19. The number of aromatic nitrogens is 3. The molecule has 8 nitrogen and oxygen atoms in total. The Bertz CT molecular complexity index is 1240. The summed E-state index contributed by atoms with van der Waals surface area (Å²) in [4.78, 5) is 21.6. The van der Waals surface area contributed by atoms with Gasteiger partial charge in [-0.3, -0.25) is 4.79 Å². The van der Waals surface area contributed by atoms with Gasteiger partial charge in [-0.1, -0.05) is 35.5 Å². The fourth-order valence-corrected chi connectivity index (χ4v) is 3.12. The number of nitriles is 1. The molecule has 3 heterocycles. The van der Waals surface area contributed by atoms with E-state index in [0.717, 1.165) is 5.56 Å². The van der Waals surface area contributed by atoms with Gasteiger partial charge in [-0.2, -0.15) is 5.26 Å². The molecule has 0 aliphatic rings. The van der Waals surface area contributed by atoms with E-state index in [1.165, 1.54) is 0 Å². The molecule has 0 spiro atoms.